The molecule has 0 unspecified atom stereocenters. The molecule has 0 atom stereocenters. The standard InChI is InChI=1S/C23H31NO2S/c1-15-8-10-16(11-9-15)24-20(25)14-27-17-12-18(22(2,3)4)21(26)19(13-17)23(5,6)7/h8-13,26H,14H2,1-7H3,(H,24,25). The molecule has 3 nitrogen and oxygen atoms in total. The molecule has 0 heterocycles. The van der Waals surface area contributed by atoms with E-state index in [-0.39, 0.29) is 16.7 Å². The molecule has 0 aliphatic rings. The summed E-state index contributed by atoms with van der Waals surface area (Å²) in [5.41, 5.74) is 3.45. The first-order valence-corrected chi connectivity index (χ1v) is 10.2. The van der Waals surface area contributed by atoms with Crippen LogP contribution in [0.5, 0.6) is 5.75 Å². The molecular weight excluding hydrogens is 354 g/mol. The molecule has 4 heteroatoms. The van der Waals surface area contributed by atoms with Gasteiger partial charge in [-0.25, -0.2) is 0 Å². The molecule has 0 bridgehead atoms. The van der Waals surface area contributed by atoms with Gasteiger partial charge in [0.1, 0.15) is 5.75 Å². The minimum Gasteiger partial charge on any atom is -0.507 e. The van der Waals surface area contributed by atoms with E-state index in [1.54, 1.807) is 0 Å². The number of hydrogen-bond acceptors (Lipinski definition) is 3. The van der Waals surface area contributed by atoms with E-state index in [4.69, 9.17) is 0 Å². The Labute approximate surface area is 167 Å². The van der Waals surface area contributed by atoms with Crippen molar-refractivity contribution in [3.8, 4) is 5.75 Å². The van der Waals surface area contributed by atoms with Crippen LogP contribution < -0.4 is 5.32 Å². The molecule has 146 valence electrons. The fraction of sp³-hybridized carbons (Fsp3) is 0.435. The topological polar surface area (TPSA) is 49.3 Å². The normalized spacial score (nSPS) is 12.1. The highest BCUT2D eigenvalue weighted by Gasteiger charge is 2.26. The number of aryl methyl sites for hydroxylation is 1. The molecular formula is C23H31NO2S. The van der Waals surface area contributed by atoms with Crippen LogP contribution in [-0.4, -0.2) is 16.8 Å². The maximum atomic E-state index is 12.3. The summed E-state index contributed by atoms with van der Waals surface area (Å²) in [4.78, 5) is 13.3. The van der Waals surface area contributed by atoms with Crippen LogP contribution in [0.1, 0.15) is 58.2 Å². The highest BCUT2D eigenvalue weighted by molar-refractivity contribution is 8.00. The molecule has 2 aromatic carbocycles. The third kappa shape index (κ3) is 5.77. The molecule has 0 saturated heterocycles. The minimum atomic E-state index is -0.176. The fourth-order valence-electron chi connectivity index (χ4n) is 2.82. The molecule has 0 aliphatic carbocycles. The van der Waals surface area contributed by atoms with Crippen molar-refractivity contribution in [1.29, 1.82) is 0 Å². The average molecular weight is 386 g/mol. The summed E-state index contributed by atoms with van der Waals surface area (Å²) in [6, 6.07) is 11.8. The Morgan fingerprint density at radius 2 is 1.44 bits per heavy atom. The number of carbonyl (C=O) groups excluding carboxylic acids is 1. The van der Waals surface area contributed by atoms with Crippen LogP contribution in [0.15, 0.2) is 41.3 Å². The first-order chi connectivity index (χ1) is 12.4. The molecule has 0 saturated carbocycles. The monoisotopic (exact) mass is 385 g/mol. The molecule has 1 amide bonds. The lowest BCUT2D eigenvalue weighted by Crippen LogP contribution is -2.18. The van der Waals surface area contributed by atoms with Crippen molar-refractivity contribution in [3.05, 3.63) is 53.1 Å². The predicted molar refractivity (Wildman–Crippen MR) is 116 cm³/mol. The highest BCUT2D eigenvalue weighted by Crippen LogP contribution is 2.41. The summed E-state index contributed by atoms with van der Waals surface area (Å²) in [5, 5.41) is 13.7. The van der Waals surface area contributed by atoms with Gasteiger partial charge in [-0.15, -0.1) is 11.8 Å². The Balaban J connectivity index is 2.20. The molecule has 0 radical (unpaired) electrons. The lowest BCUT2D eigenvalue weighted by Gasteiger charge is -2.28. The van der Waals surface area contributed by atoms with E-state index in [9.17, 15) is 9.90 Å². The minimum absolute atomic E-state index is 0.0356. The zero-order valence-electron chi connectivity index (χ0n) is 17.4. The number of aromatic hydroxyl groups is 1. The van der Waals surface area contributed by atoms with Crippen LogP contribution in [0.25, 0.3) is 0 Å². The zero-order valence-corrected chi connectivity index (χ0v) is 18.3. The molecule has 2 rings (SSSR count). The Morgan fingerprint density at radius 1 is 0.963 bits per heavy atom. The Morgan fingerprint density at radius 3 is 1.89 bits per heavy atom. The summed E-state index contributed by atoms with van der Waals surface area (Å²) >= 11 is 1.50. The van der Waals surface area contributed by atoms with Gasteiger partial charge in [0.2, 0.25) is 5.91 Å². The van der Waals surface area contributed by atoms with Crippen molar-refractivity contribution < 1.29 is 9.90 Å². The summed E-state index contributed by atoms with van der Waals surface area (Å²) < 4.78 is 0. The maximum absolute atomic E-state index is 12.3. The number of phenols is 1. The number of amides is 1. The van der Waals surface area contributed by atoms with Crippen molar-refractivity contribution in [2.24, 2.45) is 0 Å². The Bertz CT molecular complexity index is 777. The van der Waals surface area contributed by atoms with E-state index >= 15 is 0 Å². The van der Waals surface area contributed by atoms with E-state index in [0.29, 0.717) is 11.5 Å². The van der Waals surface area contributed by atoms with Crippen LogP contribution in [-0.2, 0) is 15.6 Å². The van der Waals surface area contributed by atoms with Crippen LogP contribution in [0.3, 0.4) is 0 Å². The second-order valence-corrected chi connectivity index (χ2v) is 10.1. The SMILES string of the molecule is Cc1ccc(NC(=O)CSc2cc(C(C)(C)C)c(O)c(C(C)(C)C)c2)cc1. The molecule has 2 N–H and O–H groups in total. The lowest BCUT2D eigenvalue weighted by molar-refractivity contribution is -0.113. The summed E-state index contributed by atoms with van der Waals surface area (Å²) in [5.74, 6) is 0.654. The van der Waals surface area contributed by atoms with Gasteiger partial charge in [0.05, 0.1) is 5.75 Å². The zero-order chi connectivity index (χ0) is 20.4. The number of thioether (sulfide) groups is 1. The van der Waals surface area contributed by atoms with Crippen molar-refractivity contribution in [1.82, 2.24) is 0 Å². The van der Waals surface area contributed by atoms with E-state index in [1.807, 2.05) is 43.3 Å². The number of hydrogen-bond donors (Lipinski definition) is 2. The number of anilines is 1. The molecule has 2 aromatic rings. The molecule has 0 aromatic heterocycles. The first kappa shape index (κ1) is 21.4. The number of phenolic OH excluding ortho intramolecular Hbond substituents is 1. The van der Waals surface area contributed by atoms with Gasteiger partial charge < -0.3 is 10.4 Å². The molecule has 27 heavy (non-hydrogen) atoms. The van der Waals surface area contributed by atoms with Crippen LogP contribution in [0, 0.1) is 6.92 Å². The average Bonchev–Trinajstić information content (AvgIpc) is 2.54. The van der Waals surface area contributed by atoms with Gasteiger partial charge in [-0.1, -0.05) is 59.2 Å². The third-order valence-corrected chi connectivity index (χ3v) is 5.38. The van der Waals surface area contributed by atoms with Crippen LogP contribution in [0.4, 0.5) is 5.69 Å². The fourth-order valence-corrected chi connectivity index (χ4v) is 3.59. The van der Waals surface area contributed by atoms with Gasteiger partial charge in [-0.3, -0.25) is 4.79 Å². The first-order valence-electron chi connectivity index (χ1n) is 9.25. The largest absolute Gasteiger partial charge is 0.507 e. The number of nitrogens with one attached hydrogen (secondary N) is 1. The van der Waals surface area contributed by atoms with Gasteiger partial charge in [0.15, 0.2) is 0 Å². The van der Waals surface area contributed by atoms with Crippen molar-refractivity contribution in [3.63, 3.8) is 0 Å². The molecule has 0 aliphatic heterocycles. The van der Waals surface area contributed by atoms with E-state index < -0.39 is 0 Å². The number of benzene rings is 2. The van der Waals surface area contributed by atoms with Crippen molar-refractivity contribution in [2.75, 3.05) is 11.1 Å². The smallest absolute Gasteiger partial charge is 0.234 e. The van der Waals surface area contributed by atoms with E-state index in [1.165, 1.54) is 11.8 Å². The highest BCUT2D eigenvalue weighted by atomic mass is 32.2. The van der Waals surface area contributed by atoms with Gasteiger partial charge in [-0.05, 0) is 42.0 Å². The maximum Gasteiger partial charge on any atom is 0.234 e. The lowest BCUT2D eigenvalue weighted by atomic mass is 9.79. The second kappa shape index (κ2) is 7.97. The van der Waals surface area contributed by atoms with Gasteiger partial charge >= 0.3 is 0 Å². The van der Waals surface area contributed by atoms with Gasteiger partial charge in [0, 0.05) is 21.7 Å². The van der Waals surface area contributed by atoms with Crippen LogP contribution >= 0.6 is 11.8 Å². The number of rotatable bonds is 4. The second-order valence-electron chi connectivity index (χ2n) is 9.07. The van der Waals surface area contributed by atoms with Crippen molar-refractivity contribution >= 4 is 23.4 Å². The van der Waals surface area contributed by atoms with E-state index in [2.05, 4.69) is 46.9 Å². The third-order valence-electron chi connectivity index (χ3n) is 4.40. The van der Waals surface area contributed by atoms with Crippen molar-refractivity contribution in [2.45, 2.75) is 64.2 Å². The predicted octanol–water partition coefficient (Wildman–Crippen LogP) is 6.03. The molecule has 0 fully saturated rings. The van der Waals surface area contributed by atoms with Gasteiger partial charge in [0.25, 0.3) is 0 Å². The Kier molecular flexibility index (Phi) is 6.31. The van der Waals surface area contributed by atoms with E-state index in [0.717, 1.165) is 27.3 Å². The summed E-state index contributed by atoms with van der Waals surface area (Å²) in [7, 11) is 0. The van der Waals surface area contributed by atoms with Crippen LogP contribution in [0.2, 0.25) is 0 Å². The Hall–Kier alpha value is -1.94. The number of carbonyl (C=O) groups is 1. The summed E-state index contributed by atoms with van der Waals surface area (Å²) in [6.07, 6.45) is 0. The molecule has 0 spiro atoms. The van der Waals surface area contributed by atoms with Gasteiger partial charge in [-0.2, -0.15) is 0 Å². The summed E-state index contributed by atoms with van der Waals surface area (Å²) in [6.45, 7) is 14.6. The quantitative estimate of drug-likeness (QED) is 0.632.